The van der Waals surface area contributed by atoms with Crippen LogP contribution in [0.25, 0.3) is 11.5 Å². The highest BCUT2D eigenvalue weighted by molar-refractivity contribution is 5.95. The van der Waals surface area contributed by atoms with E-state index < -0.39 is 0 Å². The van der Waals surface area contributed by atoms with Gasteiger partial charge in [0.25, 0.3) is 5.89 Å². The Bertz CT molecular complexity index is 1170. The molecule has 0 radical (unpaired) electrons. The van der Waals surface area contributed by atoms with E-state index in [1.807, 2.05) is 29.2 Å². The molecule has 36 heavy (non-hydrogen) atoms. The van der Waals surface area contributed by atoms with Gasteiger partial charge in [0, 0.05) is 42.0 Å². The molecular formula is C28H35N5O3. The van der Waals surface area contributed by atoms with Crippen molar-refractivity contribution in [2.45, 2.75) is 95.3 Å². The van der Waals surface area contributed by atoms with E-state index in [1.165, 1.54) is 19.3 Å². The van der Waals surface area contributed by atoms with E-state index in [-0.39, 0.29) is 11.8 Å². The highest BCUT2D eigenvalue weighted by Gasteiger charge is 2.30. The van der Waals surface area contributed by atoms with Crippen LogP contribution in [0.5, 0.6) is 0 Å². The van der Waals surface area contributed by atoms with Crippen molar-refractivity contribution in [2.75, 3.05) is 11.4 Å². The number of unbranched alkanes of at least 4 members (excludes halogenated alkanes) is 2. The van der Waals surface area contributed by atoms with E-state index >= 15 is 0 Å². The Morgan fingerprint density at radius 1 is 0.861 bits per heavy atom. The molecule has 1 amide bonds. The molecule has 2 aromatic heterocycles. The molecule has 0 aliphatic heterocycles. The van der Waals surface area contributed by atoms with Crippen LogP contribution in [0.4, 0.5) is 5.69 Å². The first-order chi connectivity index (χ1) is 17.7. The summed E-state index contributed by atoms with van der Waals surface area (Å²) in [5, 5.41) is 8.27. The molecule has 3 aliphatic rings. The predicted molar refractivity (Wildman–Crippen MR) is 134 cm³/mol. The first-order valence-electron chi connectivity index (χ1n) is 13.8. The largest absolute Gasteiger partial charge is 0.339 e. The lowest BCUT2D eigenvalue weighted by Crippen LogP contribution is -2.38. The molecule has 8 nitrogen and oxygen atoms in total. The number of anilines is 1. The molecule has 0 atom stereocenters. The minimum atomic E-state index is 0.117. The van der Waals surface area contributed by atoms with Crippen molar-refractivity contribution < 1.29 is 13.8 Å². The Hall–Kier alpha value is -3.03. The van der Waals surface area contributed by atoms with Crippen molar-refractivity contribution in [3.8, 4) is 11.5 Å². The van der Waals surface area contributed by atoms with Crippen molar-refractivity contribution >= 4 is 11.6 Å². The van der Waals surface area contributed by atoms with Crippen LogP contribution in [-0.4, -0.2) is 32.7 Å². The van der Waals surface area contributed by atoms with Crippen LogP contribution in [0, 0.1) is 5.92 Å². The number of hydrogen-bond donors (Lipinski definition) is 0. The molecular weight excluding hydrogens is 454 g/mol. The molecule has 0 spiro atoms. The van der Waals surface area contributed by atoms with Crippen LogP contribution in [0.3, 0.4) is 0 Å². The highest BCUT2D eigenvalue weighted by Crippen LogP contribution is 2.39. The van der Waals surface area contributed by atoms with E-state index in [0.717, 1.165) is 93.0 Å². The summed E-state index contributed by atoms with van der Waals surface area (Å²) < 4.78 is 11.0. The van der Waals surface area contributed by atoms with E-state index in [9.17, 15) is 4.79 Å². The average molecular weight is 490 g/mol. The van der Waals surface area contributed by atoms with Gasteiger partial charge in [0.05, 0.1) is 0 Å². The third kappa shape index (κ3) is 5.52. The lowest BCUT2D eigenvalue weighted by atomic mass is 9.88. The van der Waals surface area contributed by atoms with Crippen molar-refractivity contribution in [3.05, 3.63) is 41.8 Å². The van der Waals surface area contributed by atoms with Gasteiger partial charge in [0.1, 0.15) is 0 Å². The SMILES string of the molecule is O=C(C1CCCCC1)N(CCCCCc1nc(C2CC2)no1)c1cccc(-c2nc(C3CC3)no2)c1. The van der Waals surface area contributed by atoms with Crippen LogP contribution in [0.15, 0.2) is 33.3 Å². The number of hydrogen-bond acceptors (Lipinski definition) is 7. The summed E-state index contributed by atoms with van der Waals surface area (Å²) in [5.41, 5.74) is 1.79. The van der Waals surface area contributed by atoms with Gasteiger partial charge in [-0.2, -0.15) is 9.97 Å². The maximum Gasteiger partial charge on any atom is 0.258 e. The molecule has 0 bridgehead atoms. The Morgan fingerprint density at radius 2 is 1.61 bits per heavy atom. The molecule has 3 saturated carbocycles. The van der Waals surface area contributed by atoms with Gasteiger partial charge in [0.2, 0.25) is 11.8 Å². The Kier molecular flexibility index (Phi) is 6.84. The number of rotatable bonds is 11. The van der Waals surface area contributed by atoms with E-state index in [1.54, 1.807) is 0 Å². The van der Waals surface area contributed by atoms with Gasteiger partial charge >= 0.3 is 0 Å². The summed E-state index contributed by atoms with van der Waals surface area (Å²) in [6, 6.07) is 8.03. The standard InChI is InChI=1S/C28H35N5O3/c34-28(21-8-3-1-4-9-21)33(17-6-2-5-12-24-29-25(31-35-24)19-13-14-19)23-11-7-10-22(18-23)27-30-26(32-36-27)20-15-16-20/h7,10-11,18-21H,1-6,8-9,12-17H2. The number of carbonyl (C=O) groups is 1. The molecule has 190 valence electrons. The molecule has 1 aromatic carbocycles. The summed E-state index contributed by atoms with van der Waals surface area (Å²) in [6.45, 7) is 0.701. The minimum absolute atomic E-state index is 0.117. The molecule has 0 unspecified atom stereocenters. The second-order valence-electron chi connectivity index (χ2n) is 10.7. The molecule has 3 fully saturated rings. The molecule has 3 aliphatic carbocycles. The second-order valence-corrected chi connectivity index (χ2v) is 10.7. The second kappa shape index (κ2) is 10.5. The lowest BCUT2D eigenvalue weighted by molar-refractivity contribution is -0.123. The van der Waals surface area contributed by atoms with Gasteiger partial charge in [-0.3, -0.25) is 4.79 Å². The van der Waals surface area contributed by atoms with Crippen molar-refractivity contribution in [2.24, 2.45) is 5.92 Å². The monoisotopic (exact) mass is 489 g/mol. The van der Waals surface area contributed by atoms with Crippen LogP contribution in [0.2, 0.25) is 0 Å². The fourth-order valence-corrected chi connectivity index (χ4v) is 5.20. The summed E-state index contributed by atoms with van der Waals surface area (Å²) in [6.07, 6.45) is 13.8. The Balaban J connectivity index is 1.11. The summed E-state index contributed by atoms with van der Waals surface area (Å²) in [4.78, 5) is 24.8. The Labute approximate surface area is 211 Å². The van der Waals surface area contributed by atoms with Gasteiger partial charge in [0.15, 0.2) is 11.6 Å². The molecule has 0 N–H and O–H groups in total. The zero-order chi connectivity index (χ0) is 24.3. The van der Waals surface area contributed by atoms with Crippen molar-refractivity contribution in [3.63, 3.8) is 0 Å². The highest BCUT2D eigenvalue weighted by atomic mass is 16.5. The maximum atomic E-state index is 13.6. The van der Waals surface area contributed by atoms with E-state index in [4.69, 9.17) is 9.05 Å². The van der Waals surface area contributed by atoms with Crippen molar-refractivity contribution in [1.82, 2.24) is 20.3 Å². The number of carbonyl (C=O) groups excluding carboxylic acids is 1. The van der Waals surface area contributed by atoms with Crippen molar-refractivity contribution in [1.29, 1.82) is 0 Å². The zero-order valence-corrected chi connectivity index (χ0v) is 20.9. The molecule has 8 heteroatoms. The van der Waals surface area contributed by atoms with Gasteiger partial charge in [-0.25, -0.2) is 0 Å². The van der Waals surface area contributed by atoms with Crippen LogP contribution >= 0.6 is 0 Å². The summed E-state index contributed by atoms with van der Waals surface area (Å²) >= 11 is 0. The summed E-state index contributed by atoms with van der Waals surface area (Å²) in [5.74, 6) is 4.29. The van der Waals surface area contributed by atoms with E-state index in [2.05, 4.69) is 20.3 Å². The van der Waals surface area contributed by atoms with E-state index in [0.29, 0.717) is 24.3 Å². The quantitative estimate of drug-likeness (QED) is 0.296. The van der Waals surface area contributed by atoms with Gasteiger partial charge in [-0.15, -0.1) is 0 Å². The molecule has 3 aromatic rings. The van der Waals surface area contributed by atoms with Crippen LogP contribution in [0.1, 0.15) is 106 Å². The molecule has 6 rings (SSSR count). The Morgan fingerprint density at radius 3 is 2.39 bits per heavy atom. The number of aromatic nitrogens is 4. The maximum absolute atomic E-state index is 13.6. The van der Waals surface area contributed by atoms with Gasteiger partial charge in [-0.05, 0) is 69.6 Å². The van der Waals surface area contributed by atoms with Gasteiger partial charge in [-0.1, -0.05) is 42.1 Å². The molecule has 0 saturated heterocycles. The van der Waals surface area contributed by atoms with Crippen LogP contribution in [-0.2, 0) is 11.2 Å². The lowest BCUT2D eigenvalue weighted by Gasteiger charge is -2.29. The normalized spacial score (nSPS) is 18.4. The van der Waals surface area contributed by atoms with Crippen LogP contribution < -0.4 is 4.90 Å². The fourth-order valence-electron chi connectivity index (χ4n) is 5.20. The third-order valence-corrected chi connectivity index (χ3v) is 7.71. The fraction of sp³-hybridized carbons (Fsp3) is 0.607. The summed E-state index contributed by atoms with van der Waals surface area (Å²) in [7, 11) is 0. The average Bonchev–Trinajstić information content (AvgIpc) is 3.86. The smallest absolute Gasteiger partial charge is 0.258 e. The number of benzene rings is 1. The number of amides is 1. The van der Waals surface area contributed by atoms with Gasteiger partial charge < -0.3 is 13.9 Å². The number of aryl methyl sites for hydroxylation is 1. The first-order valence-corrected chi connectivity index (χ1v) is 13.8. The third-order valence-electron chi connectivity index (χ3n) is 7.71. The minimum Gasteiger partial charge on any atom is -0.339 e. The zero-order valence-electron chi connectivity index (χ0n) is 20.9. The number of nitrogens with zero attached hydrogens (tertiary/aromatic N) is 5. The molecule has 2 heterocycles. The predicted octanol–water partition coefficient (Wildman–Crippen LogP) is 6.20. The topological polar surface area (TPSA) is 98.2 Å². The first kappa shape index (κ1) is 23.4.